The lowest BCUT2D eigenvalue weighted by atomic mass is 10.1. The summed E-state index contributed by atoms with van der Waals surface area (Å²) in [6.45, 7) is 2.51. The molecule has 0 saturated heterocycles. The zero-order valence-electron chi connectivity index (χ0n) is 10.7. The van der Waals surface area contributed by atoms with Crippen molar-refractivity contribution in [1.82, 2.24) is 4.98 Å². The minimum atomic E-state index is -0.523. The van der Waals surface area contributed by atoms with Gasteiger partial charge in [0.15, 0.2) is 0 Å². The molecule has 1 atom stereocenters. The van der Waals surface area contributed by atoms with Gasteiger partial charge >= 0.3 is 0 Å². The number of rotatable bonds is 2. The Morgan fingerprint density at radius 1 is 1.32 bits per heavy atom. The Bertz CT molecular complexity index is 596. The fraction of sp³-hybridized carbons (Fsp3) is 0.267. The van der Waals surface area contributed by atoms with E-state index < -0.39 is 6.10 Å². The summed E-state index contributed by atoms with van der Waals surface area (Å²) in [6.07, 6.45) is 2.04. The van der Waals surface area contributed by atoms with E-state index in [1.807, 2.05) is 23.1 Å². The molecule has 2 heterocycles. The number of aromatic nitrogens is 1. The molecule has 0 amide bonds. The molecule has 0 aliphatic carbocycles. The lowest BCUT2D eigenvalue weighted by Gasteiger charge is -2.18. The smallest absolute Gasteiger partial charge is 0.132 e. The average Bonchev–Trinajstić information content (AvgIpc) is 2.81. The zero-order chi connectivity index (χ0) is 13.4. The van der Waals surface area contributed by atoms with E-state index in [1.165, 1.54) is 6.07 Å². The number of hydrogen-bond acceptors (Lipinski definition) is 3. The fourth-order valence-electron chi connectivity index (χ4n) is 2.39. The van der Waals surface area contributed by atoms with Gasteiger partial charge in [0.2, 0.25) is 0 Å². The minimum Gasteiger partial charge on any atom is -0.389 e. The molecule has 4 heteroatoms. The van der Waals surface area contributed by atoms with Crippen molar-refractivity contribution < 1.29 is 9.50 Å². The summed E-state index contributed by atoms with van der Waals surface area (Å²) in [5.74, 6) is 0.556. The Morgan fingerprint density at radius 3 is 2.84 bits per heavy atom. The van der Waals surface area contributed by atoms with E-state index in [0.717, 1.165) is 35.6 Å². The van der Waals surface area contributed by atoms with E-state index in [2.05, 4.69) is 4.98 Å². The summed E-state index contributed by atoms with van der Waals surface area (Å²) in [5.41, 5.74) is 2.81. The second-order valence-corrected chi connectivity index (χ2v) is 4.80. The van der Waals surface area contributed by atoms with Crippen molar-refractivity contribution in [3.8, 4) is 0 Å². The molecule has 0 fully saturated rings. The molecule has 19 heavy (non-hydrogen) atoms. The highest BCUT2D eigenvalue weighted by Gasteiger charge is 2.21. The number of hydrogen-bond donors (Lipinski definition) is 1. The number of aliphatic hydroxyl groups is 1. The van der Waals surface area contributed by atoms with Crippen LogP contribution in [0.1, 0.15) is 24.2 Å². The number of benzene rings is 1. The van der Waals surface area contributed by atoms with Crippen molar-refractivity contribution in [3.63, 3.8) is 0 Å². The summed E-state index contributed by atoms with van der Waals surface area (Å²) in [6, 6.07) is 8.58. The van der Waals surface area contributed by atoms with Crippen LogP contribution in [-0.2, 0) is 6.42 Å². The Labute approximate surface area is 111 Å². The maximum atomic E-state index is 13.3. The molecular formula is C15H15FN2O. The zero-order valence-corrected chi connectivity index (χ0v) is 10.7. The first-order chi connectivity index (χ1) is 9.15. The Balaban J connectivity index is 1.95. The number of halogens is 1. The summed E-state index contributed by atoms with van der Waals surface area (Å²) < 4.78 is 13.3. The summed E-state index contributed by atoms with van der Waals surface area (Å²) >= 11 is 0. The van der Waals surface area contributed by atoms with Gasteiger partial charge in [0.25, 0.3) is 0 Å². The van der Waals surface area contributed by atoms with Gasteiger partial charge in [-0.3, -0.25) is 0 Å². The van der Waals surface area contributed by atoms with Gasteiger partial charge in [0.05, 0.1) is 6.10 Å². The van der Waals surface area contributed by atoms with E-state index in [9.17, 15) is 9.50 Å². The van der Waals surface area contributed by atoms with Crippen LogP contribution < -0.4 is 4.90 Å². The van der Waals surface area contributed by atoms with Gasteiger partial charge < -0.3 is 10.0 Å². The molecule has 1 aliphatic heterocycles. The fourth-order valence-corrected chi connectivity index (χ4v) is 2.39. The predicted molar refractivity (Wildman–Crippen MR) is 72.0 cm³/mol. The van der Waals surface area contributed by atoms with E-state index in [1.54, 1.807) is 19.2 Å². The van der Waals surface area contributed by atoms with E-state index in [-0.39, 0.29) is 5.82 Å². The molecule has 0 spiro atoms. The Kier molecular flexibility index (Phi) is 2.95. The van der Waals surface area contributed by atoms with Crippen LogP contribution >= 0.6 is 0 Å². The third-order valence-electron chi connectivity index (χ3n) is 3.47. The van der Waals surface area contributed by atoms with Crippen LogP contribution in [-0.4, -0.2) is 16.6 Å². The molecule has 0 saturated carbocycles. The van der Waals surface area contributed by atoms with Gasteiger partial charge in [-0.2, -0.15) is 0 Å². The third kappa shape index (κ3) is 2.19. The van der Waals surface area contributed by atoms with Gasteiger partial charge in [-0.25, -0.2) is 9.37 Å². The highest BCUT2D eigenvalue weighted by molar-refractivity contribution is 5.67. The molecule has 0 bridgehead atoms. The first kappa shape index (κ1) is 12.1. The van der Waals surface area contributed by atoms with Gasteiger partial charge in [-0.15, -0.1) is 0 Å². The first-order valence-electron chi connectivity index (χ1n) is 6.35. The van der Waals surface area contributed by atoms with Crippen molar-refractivity contribution in [2.24, 2.45) is 0 Å². The van der Waals surface area contributed by atoms with Gasteiger partial charge in [-0.05, 0) is 42.7 Å². The lowest BCUT2D eigenvalue weighted by molar-refractivity contribution is 0.199. The second kappa shape index (κ2) is 4.63. The Morgan fingerprint density at radius 2 is 2.16 bits per heavy atom. The quantitative estimate of drug-likeness (QED) is 0.899. The monoisotopic (exact) mass is 258 g/mol. The molecule has 0 radical (unpaired) electrons. The molecular weight excluding hydrogens is 243 g/mol. The van der Waals surface area contributed by atoms with Gasteiger partial charge in [-0.1, -0.05) is 12.1 Å². The number of aliphatic hydroxyl groups excluding tert-OH is 1. The van der Waals surface area contributed by atoms with E-state index >= 15 is 0 Å². The minimum absolute atomic E-state index is 0.230. The summed E-state index contributed by atoms with van der Waals surface area (Å²) in [4.78, 5) is 6.36. The van der Waals surface area contributed by atoms with Crippen LogP contribution in [0, 0.1) is 5.82 Å². The standard InChI is InChI=1S/C15H15FN2O/c1-10(19)12-3-5-15(17-9-12)18-7-6-11-2-4-13(16)8-14(11)18/h2-5,8-10,19H,6-7H2,1H3/t10-/m1/s1. The molecule has 1 aromatic heterocycles. The number of fused-ring (bicyclic) bond motifs is 1. The summed E-state index contributed by atoms with van der Waals surface area (Å²) in [7, 11) is 0. The largest absolute Gasteiger partial charge is 0.389 e. The van der Waals surface area contributed by atoms with Crippen molar-refractivity contribution in [3.05, 3.63) is 53.5 Å². The maximum absolute atomic E-state index is 13.3. The topological polar surface area (TPSA) is 36.4 Å². The number of pyridine rings is 1. The van der Waals surface area contributed by atoms with Crippen LogP contribution in [0.3, 0.4) is 0 Å². The van der Waals surface area contributed by atoms with Crippen LogP contribution in [0.4, 0.5) is 15.9 Å². The van der Waals surface area contributed by atoms with Crippen LogP contribution in [0.2, 0.25) is 0 Å². The SMILES string of the molecule is C[C@@H](O)c1ccc(N2CCc3ccc(F)cc32)nc1. The van der Waals surface area contributed by atoms with Crippen molar-refractivity contribution in [2.45, 2.75) is 19.4 Å². The van der Waals surface area contributed by atoms with Crippen LogP contribution in [0.5, 0.6) is 0 Å². The predicted octanol–water partition coefficient (Wildman–Crippen LogP) is 2.97. The van der Waals surface area contributed by atoms with Crippen LogP contribution in [0.25, 0.3) is 0 Å². The molecule has 1 aromatic carbocycles. The third-order valence-corrected chi connectivity index (χ3v) is 3.47. The highest BCUT2D eigenvalue weighted by Crippen LogP contribution is 2.34. The normalized spacial score (nSPS) is 15.4. The van der Waals surface area contributed by atoms with E-state index in [0.29, 0.717) is 0 Å². The van der Waals surface area contributed by atoms with Crippen molar-refractivity contribution in [1.29, 1.82) is 0 Å². The molecule has 98 valence electrons. The number of nitrogens with zero attached hydrogens (tertiary/aromatic N) is 2. The lowest BCUT2D eigenvalue weighted by Crippen LogP contribution is -2.15. The molecule has 2 aromatic rings. The van der Waals surface area contributed by atoms with Crippen LogP contribution in [0.15, 0.2) is 36.5 Å². The van der Waals surface area contributed by atoms with E-state index in [4.69, 9.17) is 0 Å². The number of anilines is 2. The highest BCUT2D eigenvalue weighted by atomic mass is 19.1. The van der Waals surface area contributed by atoms with Crippen molar-refractivity contribution in [2.75, 3.05) is 11.4 Å². The second-order valence-electron chi connectivity index (χ2n) is 4.80. The Hall–Kier alpha value is -1.94. The summed E-state index contributed by atoms with van der Waals surface area (Å²) in [5, 5.41) is 9.47. The molecule has 3 rings (SSSR count). The maximum Gasteiger partial charge on any atom is 0.132 e. The first-order valence-corrected chi connectivity index (χ1v) is 6.35. The van der Waals surface area contributed by atoms with Gasteiger partial charge in [0.1, 0.15) is 11.6 Å². The molecule has 3 nitrogen and oxygen atoms in total. The molecule has 1 N–H and O–H groups in total. The average molecular weight is 258 g/mol. The molecule has 0 unspecified atom stereocenters. The van der Waals surface area contributed by atoms with Crippen molar-refractivity contribution >= 4 is 11.5 Å². The molecule has 1 aliphatic rings. The van der Waals surface area contributed by atoms with Gasteiger partial charge in [0, 0.05) is 18.4 Å².